The summed E-state index contributed by atoms with van der Waals surface area (Å²) in [4.78, 5) is 36.0. The van der Waals surface area contributed by atoms with Crippen LogP contribution in [0.25, 0.3) is 10.9 Å². The van der Waals surface area contributed by atoms with Crippen LogP contribution < -0.4 is 4.74 Å². The summed E-state index contributed by atoms with van der Waals surface area (Å²) in [7, 11) is -2.04. The molecule has 0 saturated carbocycles. The minimum Gasteiger partial charge on any atom is -0.477 e. The van der Waals surface area contributed by atoms with E-state index >= 15 is 0 Å². The number of ether oxygens (including phenoxy) is 3. The maximum atomic E-state index is 13.9. The maximum Gasteiger partial charge on any atom is 0.410 e. The molecule has 10 heteroatoms. The molecule has 0 aliphatic carbocycles. The fourth-order valence-electron chi connectivity index (χ4n) is 5.77. The minimum absolute atomic E-state index is 0.227. The topological polar surface area (TPSA) is 103 Å². The molecule has 1 aromatic carbocycles. The lowest BCUT2D eigenvalue weighted by molar-refractivity contribution is -0.151. The zero-order chi connectivity index (χ0) is 33.9. The highest BCUT2D eigenvalue weighted by molar-refractivity contribution is 6.73. The lowest BCUT2D eigenvalue weighted by atomic mass is 10.0. The molecule has 254 valence electrons. The van der Waals surface area contributed by atoms with Crippen LogP contribution in [0.3, 0.4) is 0 Å². The minimum atomic E-state index is -2.04. The van der Waals surface area contributed by atoms with Crippen LogP contribution in [0, 0.1) is 0 Å². The number of nitrogens with zero attached hydrogens (tertiary/aromatic N) is 2. The van der Waals surface area contributed by atoms with Gasteiger partial charge >= 0.3 is 12.1 Å². The van der Waals surface area contributed by atoms with Crippen molar-refractivity contribution in [1.82, 2.24) is 14.9 Å². The lowest BCUT2D eigenvalue weighted by Gasteiger charge is -2.38. The number of esters is 1. The van der Waals surface area contributed by atoms with E-state index in [1.165, 1.54) is 0 Å². The standard InChI is InChI=1S/C36H55N3O6Si/c1-10-17-31(34(40)42-11-2)43-30-20-15-19-29-28(24-38-33(29)30)22-26(6)39(35(41)44-36(7,8)9)25-32(27-18-16-21-37-23-27)45-46(12-3,13-4)14-5/h15-16,18-21,23-24,26,31-32,38H,10-14,17,22,25H2,1-9H3/t26-,31?,32+/m1/s1. The van der Waals surface area contributed by atoms with Gasteiger partial charge in [-0.2, -0.15) is 0 Å². The molecule has 0 bridgehead atoms. The summed E-state index contributed by atoms with van der Waals surface area (Å²) in [6.45, 7) is 18.8. The van der Waals surface area contributed by atoms with Gasteiger partial charge in [0.25, 0.3) is 0 Å². The Kier molecular flexibility index (Phi) is 13.7. The third-order valence-corrected chi connectivity index (χ3v) is 13.2. The second-order valence-corrected chi connectivity index (χ2v) is 17.7. The van der Waals surface area contributed by atoms with Crippen LogP contribution >= 0.6 is 0 Å². The number of carbonyl (C=O) groups excluding carboxylic acids is 2. The molecular formula is C36H55N3O6Si. The average molecular weight is 654 g/mol. The zero-order valence-electron chi connectivity index (χ0n) is 29.4. The van der Waals surface area contributed by atoms with Crippen molar-refractivity contribution in [2.45, 2.75) is 124 Å². The number of aromatic nitrogens is 2. The lowest BCUT2D eigenvalue weighted by Crippen LogP contribution is -2.47. The molecule has 1 unspecified atom stereocenters. The van der Waals surface area contributed by atoms with Crippen LogP contribution in [0.5, 0.6) is 5.75 Å². The van der Waals surface area contributed by atoms with E-state index in [0.29, 0.717) is 31.7 Å². The van der Waals surface area contributed by atoms with E-state index in [2.05, 4.69) is 30.7 Å². The van der Waals surface area contributed by atoms with E-state index in [1.807, 2.05) is 77.3 Å². The highest BCUT2D eigenvalue weighted by Gasteiger charge is 2.36. The summed E-state index contributed by atoms with van der Waals surface area (Å²) >= 11 is 0. The number of carbonyl (C=O) groups is 2. The first-order valence-electron chi connectivity index (χ1n) is 16.9. The van der Waals surface area contributed by atoms with Crippen molar-refractivity contribution in [3.05, 3.63) is 60.0 Å². The van der Waals surface area contributed by atoms with Crippen molar-refractivity contribution in [3.63, 3.8) is 0 Å². The van der Waals surface area contributed by atoms with Crippen LogP contribution in [0.1, 0.15) is 92.4 Å². The number of aromatic amines is 1. The maximum absolute atomic E-state index is 13.9. The van der Waals surface area contributed by atoms with Crippen LogP contribution in [-0.2, 0) is 25.1 Å². The van der Waals surface area contributed by atoms with Gasteiger partial charge in [0.2, 0.25) is 0 Å². The number of fused-ring (bicyclic) bond motifs is 1. The summed E-state index contributed by atoms with van der Waals surface area (Å²) in [5, 5.41) is 0.974. The van der Waals surface area contributed by atoms with Crippen LogP contribution in [0.2, 0.25) is 18.1 Å². The fraction of sp³-hybridized carbons (Fsp3) is 0.583. The number of hydrogen-bond donors (Lipinski definition) is 1. The number of benzene rings is 1. The largest absolute Gasteiger partial charge is 0.477 e. The second kappa shape index (κ2) is 17.0. The summed E-state index contributed by atoms with van der Waals surface area (Å²) in [6.07, 6.45) is 6.07. The molecular weight excluding hydrogens is 598 g/mol. The molecule has 0 aliphatic heterocycles. The van der Waals surface area contributed by atoms with Gasteiger partial charge in [-0.1, -0.05) is 52.3 Å². The van der Waals surface area contributed by atoms with Gasteiger partial charge in [-0.3, -0.25) is 4.98 Å². The van der Waals surface area contributed by atoms with E-state index < -0.39 is 20.0 Å². The second-order valence-electron chi connectivity index (χ2n) is 13.0. The molecule has 1 amide bonds. The van der Waals surface area contributed by atoms with Crippen molar-refractivity contribution < 1.29 is 28.2 Å². The molecule has 0 fully saturated rings. The molecule has 2 heterocycles. The normalized spacial score (nSPS) is 14.0. The van der Waals surface area contributed by atoms with E-state index in [4.69, 9.17) is 18.6 Å². The Morgan fingerprint density at radius 2 is 1.74 bits per heavy atom. The summed E-state index contributed by atoms with van der Waals surface area (Å²) < 4.78 is 24.5. The van der Waals surface area contributed by atoms with Crippen molar-refractivity contribution in [2.75, 3.05) is 13.2 Å². The number of pyridine rings is 1. The van der Waals surface area contributed by atoms with Gasteiger partial charge in [0.1, 0.15) is 11.4 Å². The molecule has 3 atom stereocenters. The first kappa shape index (κ1) is 37.1. The monoisotopic (exact) mass is 653 g/mol. The molecule has 1 N–H and O–H groups in total. The molecule has 0 spiro atoms. The van der Waals surface area contributed by atoms with Crippen LogP contribution in [0.15, 0.2) is 48.9 Å². The Bertz CT molecular complexity index is 1380. The third kappa shape index (κ3) is 9.81. The van der Waals surface area contributed by atoms with E-state index in [0.717, 1.165) is 46.6 Å². The van der Waals surface area contributed by atoms with Crippen molar-refractivity contribution in [2.24, 2.45) is 0 Å². The molecule has 3 rings (SSSR count). The smallest absolute Gasteiger partial charge is 0.410 e. The summed E-state index contributed by atoms with van der Waals surface area (Å²) in [5.74, 6) is 0.235. The molecule has 9 nitrogen and oxygen atoms in total. The Labute approximate surface area is 276 Å². The quantitative estimate of drug-likeness (QED) is 0.115. The Morgan fingerprint density at radius 3 is 2.33 bits per heavy atom. The van der Waals surface area contributed by atoms with Crippen molar-refractivity contribution >= 4 is 31.3 Å². The predicted octanol–water partition coefficient (Wildman–Crippen LogP) is 8.60. The van der Waals surface area contributed by atoms with Gasteiger partial charge < -0.3 is 28.5 Å². The number of para-hydroxylation sites is 1. The molecule has 0 aliphatic rings. The molecule has 0 saturated heterocycles. The summed E-state index contributed by atoms with van der Waals surface area (Å²) in [5.41, 5.74) is 2.13. The van der Waals surface area contributed by atoms with Gasteiger partial charge in [0.05, 0.1) is 24.8 Å². The van der Waals surface area contributed by atoms with Crippen LogP contribution in [0.4, 0.5) is 4.79 Å². The number of rotatable bonds is 17. The van der Waals surface area contributed by atoms with Crippen molar-refractivity contribution in [3.8, 4) is 5.75 Å². The first-order valence-corrected chi connectivity index (χ1v) is 19.4. The summed E-state index contributed by atoms with van der Waals surface area (Å²) in [6, 6.07) is 12.5. The Morgan fingerprint density at radius 1 is 1.02 bits per heavy atom. The number of nitrogens with one attached hydrogen (secondary N) is 1. The van der Waals surface area contributed by atoms with Crippen LogP contribution in [-0.4, -0.2) is 66.1 Å². The van der Waals surface area contributed by atoms with Crippen molar-refractivity contribution in [1.29, 1.82) is 0 Å². The molecule has 46 heavy (non-hydrogen) atoms. The molecule has 2 aromatic heterocycles. The van der Waals surface area contributed by atoms with E-state index in [9.17, 15) is 9.59 Å². The molecule has 3 aromatic rings. The Hall–Kier alpha value is -3.37. The van der Waals surface area contributed by atoms with Gasteiger partial charge in [0.15, 0.2) is 14.4 Å². The van der Waals surface area contributed by atoms with Gasteiger partial charge in [-0.25, -0.2) is 9.59 Å². The third-order valence-electron chi connectivity index (χ3n) is 8.55. The average Bonchev–Trinajstić information content (AvgIpc) is 3.44. The Balaban J connectivity index is 1.96. The van der Waals surface area contributed by atoms with Gasteiger partial charge in [-0.05, 0) is 88.9 Å². The highest BCUT2D eigenvalue weighted by atomic mass is 28.4. The van der Waals surface area contributed by atoms with Gasteiger partial charge in [0, 0.05) is 30.0 Å². The molecule has 0 radical (unpaired) electrons. The van der Waals surface area contributed by atoms with Gasteiger partial charge in [-0.15, -0.1) is 0 Å². The number of hydrogen-bond acceptors (Lipinski definition) is 7. The predicted molar refractivity (Wildman–Crippen MR) is 186 cm³/mol. The zero-order valence-corrected chi connectivity index (χ0v) is 30.4. The first-order chi connectivity index (χ1) is 21.9. The number of H-pyrrole nitrogens is 1. The number of amides is 1. The van der Waals surface area contributed by atoms with E-state index in [1.54, 1.807) is 18.0 Å². The highest BCUT2D eigenvalue weighted by Crippen LogP contribution is 2.33. The van der Waals surface area contributed by atoms with E-state index in [-0.39, 0.29) is 24.2 Å². The fourth-order valence-corrected chi connectivity index (χ4v) is 8.58. The SMILES string of the molecule is CCCC(Oc1cccc2c(C[C@@H](C)N(C[C@H](O[Si](CC)(CC)CC)c3cccnc3)C(=O)OC(C)(C)C)c[nH]c12)C(=O)OCC.